The normalized spacial score (nSPS) is 12.2. The van der Waals surface area contributed by atoms with Crippen LogP contribution in [0.3, 0.4) is 0 Å². The zero-order valence-corrected chi connectivity index (χ0v) is 12.6. The second-order valence-corrected chi connectivity index (χ2v) is 5.73. The van der Waals surface area contributed by atoms with E-state index in [-0.39, 0.29) is 18.0 Å². The predicted molar refractivity (Wildman–Crippen MR) is 81.5 cm³/mol. The van der Waals surface area contributed by atoms with Crippen molar-refractivity contribution in [3.05, 3.63) is 33.9 Å². The van der Waals surface area contributed by atoms with Crippen LogP contribution in [-0.2, 0) is 4.79 Å². The summed E-state index contributed by atoms with van der Waals surface area (Å²) < 4.78 is 0. The van der Waals surface area contributed by atoms with E-state index in [4.69, 9.17) is 5.11 Å². The van der Waals surface area contributed by atoms with Crippen LogP contribution < -0.4 is 5.32 Å². The Labute approximate surface area is 124 Å². The van der Waals surface area contributed by atoms with Crippen molar-refractivity contribution in [1.82, 2.24) is 0 Å². The van der Waals surface area contributed by atoms with Gasteiger partial charge in [-0.25, -0.2) is 0 Å². The van der Waals surface area contributed by atoms with E-state index in [1.54, 1.807) is 19.1 Å². The van der Waals surface area contributed by atoms with E-state index in [9.17, 15) is 14.9 Å². The van der Waals surface area contributed by atoms with Crippen molar-refractivity contribution < 1.29 is 14.8 Å². The smallest absolute Gasteiger partial charge is 0.303 e. The summed E-state index contributed by atoms with van der Waals surface area (Å²) in [6.07, 6.45) is 0.947. The van der Waals surface area contributed by atoms with Gasteiger partial charge in [-0.3, -0.25) is 14.9 Å². The SMILES string of the molecule is Cc1cc(NCC(CC(=O)O)CC(C)C)ccc1[N+](=O)[O-]. The first-order chi connectivity index (χ1) is 9.79. The van der Waals surface area contributed by atoms with Crippen LogP contribution >= 0.6 is 0 Å². The van der Waals surface area contributed by atoms with E-state index in [2.05, 4.69) is 19.2 Å². The molecule has 0 spiro atoms. The molecule has 0 amide bonds. The van der Waals surface area contributed by atoms with Crippen molar-refractivity contribution in [2.24, 2.45) is 11.8 Å². The molecular weight excluding hydrogens is 272 g/mol. The summed E-state index contributed by atoms with van der Waals surface area (Å²) in [6.45, 7) is 6.35. The Morgan fingerprint density at radius 1 is 1.43 bits per heavy atom. The number of nitro groups is 1. The minimum atomic E-state index is -0.803. The van der Waals surface area contributed by atoms with Crippen molar-refractivity contribution in [1.29, 1.82) is 0 Å². The van der Waals surface area contributed by atoms with Crippen LogP contribution in [0.15, 0.2) is 18.2 Å². The highest BCUT2D eigenvalue weighted by atomic mass is 16.6. The third kappa shape index (κ3) is 5.81. The number of rotatable bonds is 8. The maximum atomic E-state index is 10.9. The average Bonchev–Trinajstić information content (AvgIpc) is 2.34. The molecule has 0 aliphatic rings. The number of aliphatic carboxylic acids is 1. The van der Waals surface area contributed by atoms with Crippen molar-refractivity contribution in [2.45, 2.75) is 33.6 Å². The van der Waals surface area contributed by atoms with Crippen molar-refractivity contribution in [3.8, 4) is 0 Å². The lowest BCUT2D eigenvalue weighted by Gasteiger charge is -2.18. The second kappa shape index (κ2) is 7.61. The van der Waals surface area contributed by atoms with Gasteiger partial charge < -0.3 is 10.4 Å². The van der Waals surface area contributed by atoms with Gasteiger partial charge in [0, 0.05) is 30.3 Å². The van der Waals surface area contributed by atoms with Gasteiger partial charge in [0.25, 0.3) is 5.69 Å². The molecule has 0 aliphatic carbocycles. The second-order valence-electron chi connectivity index (χ2n) is 5.73. The van der Waals surface area contributed by atoms with Gasteiger partial charge in [-0.1, -0.05) is 13.8 Å². The molecule has 1 aromatic carbocycles. The van der Waals surface area contributed by atoms with E-state index >= 15 is 0 Å². The Morgan fingerprint density at radius 2 is 2.10 bits per heavy atom. The Bertz CT molecular complexity index is 514. The fourth-order valence-electron chi connectivity index (χ4n) is 2.38. The maximum Gasteiger partial charge on any atom is 0.303 e. The number of nitro benzene ring substituents is 1. The minimum absolute atomic E-state index is 0.0398. The molecule has 1 aromatic rings. The molecule has 0 saturated carbocycles. The number of hydrogen-bond acceptors (Lipinski definition) is 4. The van der Waals surface area contributed by atoms with Gasteiger partial charge in [0.2, 0.25) is 0 Å². The Morgan fingerprint density at radius 3 is 2.57 bits per heavy atom. The predicted octanol–water partition coefficient (Wildman–Crippen LogP) is 3.45. The molecule has 2 N–H and O–H groups in total. The van der Waals surface area contributed by atoms with E-state index in [0.29, 0.717) is 18.0 Å². The van der Waals surface area contributed by atoms with Crippen LogP contribution in [0, 0.1) is 28.9 Å². The van der Waals surface area contributed by atoms with E-state index in [1.807, 2.05) is 0 Å². The van der Waals surface area contributed by atoms with Crippen LogP contribution in [0.4, 0.5) is 11.4 Å². The molecule has 6 heteroatoms. The number of carboxylic acids is 1. The van der Waals surface area contributed by atoms with Crippen LogP contribution in [0.25, 0.3) is 0 Å². The summed E-state index contributed by atoms with van der Waals surface area (Å²) in [7, 11) is 0. The summed E-state index contributed by atoms with van der Waals surface area (Å²) in [6, 6.07) is 4.83. The van der Waals surface area contributed by atoms with E-state index < -0.39 is 10.9 Å². The van der Waals surface area contributed by atoms with Crippen molar-refractivity contribution in [2.75, 3.05) is 11.9 Å². The van der Waals surface area contributed by atoms with Gasteiger partial charge >= 0.3 is 5.97 Å². The highest BCUT2D eigenvalue weighted by Crippen LogP contribution is 2.23. The maximum absolute atomic E-state index is 10.9. The van der Waals surface area contributed by atoms with Gasteiger partial charge in [-0.15, -0.1) is 0 Å². The molecule has 1 atom stereocenters. The fourth-order valence-corrected chi connectivity index (χ4v) is 2.38. The molecule has 0 aromatic heterocycles. The zero-order valence-electron chi connectivity index (χ0n) is 12.6. The van der Waals surface area contributed by atoms with Gasteiger partial charge in [-0.05, 0) is 37.3 Å². The number of carbonyl (C=O) groups is 1. The Kier molecular flexibility index (Phi) is 6.14. The number of aryl methyl sites for hydroxylation is 1. The molecule has 0 aliphatic heterocycles. The third-order valence-corrected chi connectivity index (χ3v) is 3.26. The Balaban J connectivity index is 2.69. The molecule has 1 unspecified atom stereocenters. The average molecular weight is 294 g/mol. The third-order valence-electron chi connectivity index (χ3n) is 3.26. The van der Waals surface area contributed by atoms with Crippen LogP contribution in [0.1, 0.15) is 32.3 Å². The topological polar surface area (TPSA) is 92.5 Å². The number of nitrogens with one attached hydrogen (secondary N) is 1. The van der Waals surface area contributed by atoms with Crippen molar-refractivity contribution >= 4 is 17.3 Å². The molecule has 116 valence electrons. The van der Waals surface area contributed by atoms with Gasteiger partial charge in [0.15, 0.2) is 0 Å². The molecule has 0 saturated heterocycles. The molecule has 6 nitrogen and oxygen atoms in total. The lowest BCUT2D eigenvalue weighted by atomic mass is 9.94. The first-order valence-corrected chi connectivity index (χ1v) is 7.00. The molecule has 21 heavy (non-hydrogen) atoms. The fraction of sp³-hybridized carbons (Fsp3) is 0.533. The first-order valence-electron chi connectivity index (χ1n) is 7.00. The first kappa shape index (κ1) is 16.9. The van der Waals surface area contributed by atoms with E-state index in [0.717, 1.165) is 12.1 Å². The monoisotopic (exact) mass is 294 g/mol. The summed E-state index contributed by atoms with van der Waals surface area (Å²) in [5.41, 5.74) is 1.45. The standard InChI is InChI=1S/C15H22N2O4/c1-10(2)6-12(8-15(18)19)9-16-13-4-5-14(17(20)21)11(3)7-13/h4-5,7,10,12,16H,6,8-9H2,1-3H3,(H,18,19). The van der Waals surface area contributed by atoms with Gasteiger partial charge in [-0.2, -0.15) is 0 Å². The summed E-state index contributed by atoms with van der Waals surface area (Å²) >= 11 is 0. The Hall–Kier alpha value is -2.11. The minimum Gasteiger partial charge on any atom is -0.481 e. The summed E-state index contributed by atoms with van der Waals surface area (Å²) in [5, 5.41) is 22.9. The molecule has 0 fully saturated rings. The van der Waals surface area contributed by atoms with Crippen LogP contribution in [-0.4, -0.2) is 22.5 Å². The van der Waals surface area contributed by atoms with Crippen molar-refractivity contribution in [3.63, 3.8) is 0 Å². The highest BCUT2D eigenvalue weighted by molar-refractivity contribution is 5.67. The van der Waals surface area contributed by atoms with Gasteiger partial charge in [0.1, 0.15) is 0 Å². The molecule has 1 rings (SSSR count). The quantitative estimate of drug-likeness (QED) is 0.566. The zero-order chi connectivity index (χ0) is 16.0. The van der Waals surface area contributed by atoms with Gasteiger partial charge in [0.05, 0.1) is 4.92 Å². The highest BCUT2D eigenvalue weighted by Gasteiger charge is 2.16. The number of carboxylic acid groups (broad SMARTS) is 1. The van der Waals surface area contributed by atoms with E-state index in [1.165, 1.54) is 6.07 Å². The summed E-state index contributed by atoms with van der Waals surface area (Å²) in [5.74, 6) is -0.338. The lowest BCUT2D eigenvalue weighted by Crippen LogP contribution is -2.19. The van der Waals surface area contributed by atoms with Crippen LogP contribution in [0.2, 0.25) is 0 Å². The number of benzene rings is 1. The number of anilines is 1. The number of nitrogens with zero attached hydrogens (tertiary/aromatic N) is 1. The molecule has 0 bridgehead atoms. The largest absolute Gasteiger partial charge is 0.481 e. The van der Waals surface area contributed by atoms with Crippen LogP contribution in [0.5, 0.6) is 0 Å². The molecule has 0 radical (unpaired) electrons. The molecule has 0 heterocycles. The number of hydrogen-bond donors (Lipinski definition) is 2. The lowest BCUT2D eigenvalue weighted by molar-refractivity contribution is -0.385. The molecular formula is C15H22N2O4. The summed E-state index contributed by atoms with van der Waals surface area (Å²) in [4.78, 5) is 21.2.